The van der Waals surface area contributed by atoms with Crippen LogP contribution in [0.3, 0.4) is 0 Å². The van der Waals surface area contributed by atoms with E-state index in [1.807, 2.05) is 42.5 Å². The van der Waals surface area contributed by atoms with E-state index < -0.39 is 0 Å². The molecule has 2 aromatic carbocycles. The third-order valence-corrected chi connectivity index (χ3v) is 6.26. The molecule has 0 saturated heterocycles. The molecule has 0 fully saturated rings. The minimum atomic E-state index is 0.0341. The number of amides is 1. The topological polar surface area (TPSA) is 76.1 Å². The number of benzene rings is 2. The molecule has 0 saturated carbocycles. The SMILES string of the molecule is COc1ccc(CNC(=O)CCCNc2ncnc3sc(C)c(-c4ccccc4)c23)cc1. The van der Waals surface area contributed by atoms with E-state index >= 15 is 0 Å². The highest BCUT2D eigenvalue weighted by Crippen LogP contribution is 2.40. The molecular weight excluding hydrogens is 420 g/mol. The van der Waals surface area contributed by atoms with Crippen LogP contribution in [-0.4, -0.2) is 29.5 Å². The maximum atomic E-state index is 12.2. The van der Waals surface area contributed by atoms with Crippen LogP contribution < -0.4 is 15.4 Å². The van der Waals surface area contributed by atoms with Gasteiger partial charge < -0.3 is 15.4 Å². The number of aryl methyl sites for hydroxylation is 1. The van der Waals surface area contributed by atoms with Gasteiger partial charge in [-0.05, 0) is 36.6 Å². The average molecular weight is 447 g/mol. The second-order valence-corrected chi connectivity index (χ2v) is 8.66. The summed E-state index contributed by atoms with van der Waals surface area (Å²) in [6, 6.07) is 18.0. The number of nitrogens with one attached hydrogen (secondary N) is 2. The fourth-order valence-electron chi connectivity index (χ4n) is 3.62. The van der Waals surface area contributed by atoms with Crippen LogP contribution in [0.5, 0.6) is 5.75 Å². The molecule has 0 atom stereocenters. The third-order valence-electron chi connectivity index (χ3n) is 5.25. The van der Waals surface area contributed by atoms with Crippen molar-refractivity contribution in [3.05, 3.63) is 71.4 Å². The lowest BCUT2D eigenvalue weighted by molar-refractivity contribution is -0.121. The van der Waals surface area contributed by atoms with Crippen molar-refractivity contribution in [2.24, 2.45) is 0 Å². The number of rotatable bonds is 9. The molecule has 0 radical (unpaired) electrons. The molecule has 0 spiro atoms. The summed E-state index contributed by atoms with van der Waals surface area (Å²) in [5.41, 5.74) is 3.37. The Labute approximate surface area is 191 Å². The molecule has 0 unspecified atom stereocenters. The van der Waals surface area contributed by atoms with Crippen LogP contribution in [0, 0.1) is 6.92 Å². The molecule has 2 aromatic heterocycles. The number of carbonyl (C=O) groups excluding carboxylic acids is 1. The van der Waals surface area contributed by atoms with Crippen molar-refractivity contribution in [2.45, 2.75) is 26.3 Å². The Morgan fingerprint density at radius 3 is 2.59 bits per heavy atom. The van der Waals surface area contributed by atoms with Gasteiger partial charge in [0.1, 0.15) is 22.7 Å². The number of ether oxygens (including phenoxy) is 1. The van der Waals surface area contributed by atoms with Crippen molar-refractivity contribution in [1.29, 1.82) is 0 Å². The van der Waals surface area contributed by atoms with Gasteiger partial charge in [-0.2, -0.15) is 0 Å². The molecule has 32 heavy (non-hydrogen) atoms. The van der Waals surface area contributed by atoms with Crippen molar-refractivity contribution < 1.29 is 9.53 Å². The Balaban J connectivity index is 1.34. The van der Waals surface area contributed by atoms with E-state index in [9.17, 15) is 4.79 Å². The molecule has 6 nitrogen and oxygen atoms in total. The quantitative estimate of drug-likeness (QED) is 0.346. The van der Waals surface area contributed by atoms with Crippen LogP contribution in [0.15, 0.2) is 60.9 Å². The zero-order valence-corrected chi connectivity index (χ0v) is 19.0. The lowest BCUT2D eigenvalue weighted by Crippen LogP contribution is -2.23. The Hall–Kier alpha value is -3.45. The number of hydrogen-bond donors (Lipinski definition) is 2. The molecule has 164 valence electrons. The van der Waals surface area contributed by atoms with Crippen LogP contribution in [0.25, 0.3) is 21.3 Å². The fourth-order valence-corrected chi connectivity index (χ4v) is 4.63. The molecule has 0 aliphatic rings. The zero-order valence-electron chi connectivity index (χ0n) is 18.2. The normalized spacial score (nSPS) is 10.8. The van der Waals surface area contributed by atoms with Gasteiger partial charge in [-0.3, -0.25) is 4.79 Å². The second-order valence-electron chi connectivity index (χ2n) is 7.46. The highest BCUT2D eigenvalue weighted by atomic mass is 32.1. The molecule has 2 heterocycles. The van der Waals surface area contributed by atoms with Gasteiger partial charge in [0.15, 0.2) is 0 Å². The lowest BCUT2D eigenvalue weighted by atomic mass is 10.0. The summed E-state index contributed by atoms with van der Waals surface area (Å²) < 4.78 is 5.15. The number of methoxy groups -OCH3 is 1. The first kappa shape index (κ1) is 21.8. The number of aromatic nitrogens is 2. The number of fused-ring (bicyclic) bond motifs is 1. The minimum absolute atomic E-state index is 0.0341. The predicted octanol–water partition coefficient (Wildman–Crippen LogP) is 5.18. The molecule has 7 heteroatoms. The molecule has 2 N–H and O–H groups in total. The van der Waals surface area contributed by atoms with Crippen molar-refractivity contribution in [3.8, 4) is 16.9 Å². The highest BCUT2D eigenvalue weighted by Gasteiger charge is 2.16. The Morgan fingerprint density at radius 1 is 1.06 bits per heavy atom. The summed E-state index contributed by atoms with van der Waals surface area (Å²) in [6.45, 7) is 3.29. The largest absolute Gasteiger partial charge is 0.497 e. The summed E-state index contributed by atoms with van der Waals surface area (Å²) in [7, 11) is 1.64. The van der Waals surface area contributed by atoms with Crippen LogP contribution in [0.2, 0.25) is 0 Å². The van der Waals surface area contributed by atoms with Gasteiger partial charge in [0.25, 0.3) is 0 Å². The van der Waals surface area contributed by atoms with E-state index in [0.717, 1.165) is 32.9 Å². The van der Waals surface area contributed by atoms with Crippen molar-refractivity contribution >= 4 is 33.3 Å². The standard InChI is InChI=1S/C25H26N4O2S/c1-17-22(19-7-4-3-5-8-19)23-24(28-16-29-25(23)32-17)26-14-6-9-21(30)27-15-18-10-12-20(31-2)13-11-18/h3-5,7-8,10-13,16H,6,9,14-15H2,1-2H3,(H,27,30)(H,26,28,29). The Bertz CT molecular complexity index is 1190. The Morgan fingerprint density at radius 2 is 1.84 bits per heavy atom. The number of carbonyl (C=O) groups is 1. The summed E-state index contributed by atoms with van der Waals surface area (Å²) >= 11 is 1.68. The first-order valence-corrected chi connectivity index (χ1v) is 11.4. The Kier molecular flexibility index (Phi) is 6.97. The summed E-state index contributed by atoms with van der Waals surface area (Å²) in [5, 5.41) is 7.43. The van der Waals surface area contributed by atoms with E-state index in [0.29, 0.717) is 25.9 Å². The molecule has 0 bridgehead atoms. The van der Waals surface area contributed by atoms with Gasteiger partial charge >= 0.3 is 0 Å². The van der Waals surface area contributed by atoms with E-state index in [1.165, 1.54) is 10.4 Å². The summed E-state index contributed by atoms with van der Waals surface area (Å²) in [5.74, 6) is 1.66. The van der Waals surface area contributed by atoms with Crippen LogP contribution in [-0.2, 0) is 11.3 Å². The molecular formula is C25H26N4O2S. The maximum absolute atomic E-state index is 12.2. The second kappa shape index (κ2) is 10.2. The summed E-state index contributed by atoms with van der Waals surface area (Å²) in [6.07, 6.45) is 2.76. The minimum Gasteiger partial charge on any atom is -0.497 e. The van der Waals surface area contributed by atoms with Gasteiger partial charge in [-0.25, -0.2) is 9.97 Å². The predicted molar refractivity (Wildman–Crippen MR) is 130 cm³/mol. The molecule has 0 aliphatic carbocycles. The van der Waals surface area contributed by atoms with Crippen molar-refractivity contribution in [3.63, 3.8) is 0 Å². The van der Waals surface area contributed by atoms with Gasteiger partial charge in [0, 0.05) is 30.0 Å². The number of anilines is 1. The van der Waals surface area contributed by atoms with Gasteiger partial charge in [-0.15, -0.1) is 11.3 Å². The van der Waals surface area contributed by atoms with Crippen molar-refractivity contribution in [1.82, 2.24) is 15.3 Å². The fraction of sp³-hybridized carbons (Fsp3) is 0.240. The molecule has 4 rings (SSSR count). The van der Waals surface area contributed by atoms with E-state index in [4.69, 9.17) is 4.74 Å². The number of hydrogen-bond acceptors (Lipinski definition) is 6. The lowest BCUT2D eigenvalue weighted by Gasteiger charge is -2.09. The first-order valence-electron chi connectivity index (χ1n) is 10.6. The first-order chi connectivity index (χ1) is 15.7. The average Bonchev–Trinajstić information content (AvgIpc) is 3.17. The zero-order chi connectivity index (χ0) is 22.3. The summed E-state index contributed by atoms with van der Waals surface area (Å²) in [4.78, 5) is 23.4. The van der Waals surface area contributed by atoms with Crippen molar-refractivity contribution in [2.75, 3.05) is 19.0 Å². The van der Waals surface area contributed by atoms with Crippen LogP contribution in [0.4, 0.5) is 5.82 Å². The maximum Gasteiger partial charge on any atom is 0.220 e. The number of nitrogens with zero attached hydrogens (tertiary/aromatic N) is 2. The van der Waals surface area contributed by atoms with E-state index in [2.05, 4.69) is 39.7 Å². The van der Waals surface area contributed by atoms with E-state index in [1.54, 1.807) is 24.8 Å². The third kappa shape index (κ3) is 5.06. The molecule has 1 amide bonds. The smallest absolute Gasteiger partial charge is 0.220 e. The number of thiophene rings is 1. The monoisotopic (exact) mass is 446 g/mol. The molecule has 4 aromatic rings. The van der Waals surface area contributed by atoms with Crippen LogP contribution >= 0.6 is 11.3 Å². The highest BCUT2D eigenvalue weighted by molar-refractivity contribution is 7.19. The van der Waals surface area contributed by atoms with Gasteiger partial charge in [-0.1, -0.05) is 42.5 Å². The van der Waals surface area contributed by atoms with Gasteiger partial charge in [0.2, 0.25) is 5.91 Å². The van der Waals surface area contributed by atoms with E-state index in [-0.39, 0.29) is 5.91 Å². The van der Waals surface area contributed by atoms with Gasteiger partial charge in [0.05, 0.1) is 12.5 Å². The van der Waals surface area contributed by atoms with Crippen LogP contribution in [0.1, 0.15) is 23.3 Å². The molecule has 0 aliphatic heterocycles.